The second-order valence-corrected chi connectivity index (χ2v) is 16.7. The van der Waals surface area contributed by atoms with Gasteiger partial charge in [-0.15, -0.1) is 0 Å². The maximum atomic E-state index is 14.0. The molecule has 0 spiro atoms. The van der Waals surface area contributed by atoms with Gasteiger partial charge in [-0.2, -0.15) is 0 Å². The van der Waals surface area contributed by atoms with Crippen LogP contribution in [0.2, 0.25) is 0 Å². The lowest BCUT2D eigenvalue weighted by atomic mass is 9.66. The van der Waals surface area contributed by atoms with Gasteiger partial charge in [-0.3, -0.25) is 19.2 Å². The van der Waals surface area contributed by atoms with E-state index in [4.69, 9.17) is 37.9 Å². The first-order valence-electron chi connectivity index (χ1n) is 20.1. The van der Waals surface area contributed by atoms with Crippen molar-refractivity contribution in [1.82, 2.24) is 4.90 Å². The lowest BCUT2D eigenvalue weighted by molar-refractivity contribution is -0.371. The van der Waals surface area contributed by atoms with Crippen LogP contribution in [-0.4, -0.2) is 143 Å². The van der Waals surface area contributed by atoms with E-state index < -0.39 is 125 Å². The number of phenolic OH excluding ortho intramolecular Hbond substituents is 3. The number of fused-ring (bicyclic) bond motifs is 5. The molecule has 2 aliphatic carbocycles. The normalized spacial score (nSPS) is 37.8. The van der Waals surface area contributed by atoms with E-state index in [1.165, 1.54) is 18.2 Å². The summed E-state index contributed by atoms with van der Waals surface area (Å²) in [5.41, 5.74) is -4.11. The molecule has 4 saturated heterocycles. The first-order chi connectivity index (χ1) is 28.0. The van der Waals surface area contributed by atoms with Gasteiger partial charge in [0.25, 0.3) is 0 Å². The molecule has 4 heterocycles. The minimum Gasteiger partial charge on any atom is -0.507 e. The number of nitrogens with zero attached hydrogens (tertiary/aromatic N) is 1. The molecule has 4 fully saturated rings. The van der Waals surface area contributed by atoms with Crippen LogP contribution < -0.4 is 0 Å². The Hall–Kier alpha value is -4.04. The van der Waals surface area contributed by atoms with Crippen molar-refractivity contribution in [3.05, 3.63) is 51.6 Å². The highest BCUT2D eigenvalue weighted by atomic mass is 16.8. The van der Waals surface area contributed by atoms with E-state index >= 15 is 0 Å². The molecular weight excluding hydrogens is 774 g/mol. The average molecular weight is 826 g/mol. The number of aromatic hydroxyl groups is 3. The summed E-state index contributed by atoms with van der Waals surface area (Å²) >= 11 is 0. The zero-order valence-electron chi connectivity index (χ0n) is 33.9. The van der Waals surface area contributed by atoms with Crippen LogP contribution in [0.1, 0.15) is 115 Å². The van der Waals surface area contributed by atoms with Gasteiger partial charge in [0.15, 0.2) is 30.4 Å². The number of likely N-dealkylation sites (N-methyl/N-ethyl adjacent to an activating group) is 1. The van der Waals surface area contributed by atoms with E-state index in [-0.39, 0.29) is 59.8 Å². The molecular formula is C42H51NO16. The van der Waals surface area contributed by atoms with E-state index in [0.29, 0.717) is 6.42 Å². The molecule has 4 aliphatic heterocycles. The second-order valence-electron chi connectivity index (χ2n) is 16.7. The third kappa shape index (κ3) is 6.84. The number of benzene rings is 2. The van der Waals surface area contributed by atoms with Gasteiger partial charge in [0.2, 0.25) is 5.78 Å². The van der Waals surface area contributed by atoms with Crippen LogP contribution in [-0.2, 0) is 47.5 Å². The zero-order valence-corrected chi connectivity index (χ0v) is 33.9. The number of hydrogen-bond donors (Lipinski definition) is 4. The number of esters is 1. The highest BCUT2D eigenvalue weighted by Crippen LogP contribution is 2.57. The smallest absolute Gasteiger partial charge is 0.316 e. The van der Waals surface area contributed by atoms with Crippen molar-refractivity contribution in [2.45, 2.75) is 145 Å². The summed E-state index contributed by atoms with van der Waals surface area (Å²) in [7, 11) is 4.85. The zero-order chi connectivity index (χ0) is 42.4. The van der Waals surface area contributed by atoms with Gasteiger partial charge in [0.05, 0.1) is 53.8 Å². The van der Waals surface area contributed by atoms with Gasteiger partial charge >= 0.3 is 5.97 Å². The number of ketones is 3. The lowest BCUT2D eigenvalue weighted by Crippen LogP contribution is -2.62. The Morgan fingerprint density at radius 3 is 2.22 bits per heavy atom. The van der Waals surface area contributed by atoms with Crippen LogP contribution in [0.5, 0.6) is 17.2 Å². The number of carbonyl (C=O) groups excluding carboxylic acids is 4. The second kappa shape index (κ2) is 15.5. The molecule has 320 valence electrons. The topological polar surface area (TPSA) is 226 Å². The molecule has 0 radical (unpaired) electrons. The maximum absolute atomic E-state index is 14.0. The number of hydrogen-bond acceptors (Lipinski definition) is 17. The van der Waals surface area contributed by atoms with Crippen LogP contribution in [0.3, 0.4) is 0 Å². The summed E-state index contributed by atoms with van der Waals surface area (Å²) in [6.07, 6.45) is -6.94. The third-order valence-electron chi connectivity index (χ3n) is 12.9. The van der Waals surface area contributed by atoms with Crippen molar-refractivity contribution in [3.63, 3.8) is 0 Å². The molecule has 0 amide bonds. The van der Waals surface area contributed by atoms with E-state index in [1.807, 2.05) is 25.9 Å². The predicted molar refractivity (Wildman–Crippen MR) is 201 cm³/mol. The average Bonchev–Trinajstić information content (AvgIpc) is 3.18. The number of methoxy groups -OCH3 is 1. The highest BCUT2D eigenvalue weighted by Gasteiger charge is 2.56. The number of rotatable bonds is 7. The van der Waals surface area contributed by atoms with Crippen molar-refractivity contribution >= 4 is 23.3 Å². The Bertz CT molecular complexity index is 2050. The Morgan fingerprint density at radius 2 is 1.53 bits per heavy atom. The minimum absolute atomic E-state index is 0.0363. The van der Waals surface area contributed by atoms with Gasteiger partial charge < -0.3 is 63.2 Å². The summed E-state index contributed by atoms with van der Waals surface area (Å²) in [5.74, 6) is -6.42. The molecule has 8 rings (SSSR count). The Labute approximate surface area is 340 Å². The molecule has 14 atom stereocenters. The molecule has 0 bridgehead atoms. The quantitative estimate of drug-likeness (QED) is 0.198. The van der Waals surface area contributed by atoms with Crippen molar-refractivity contribution in [2.24, 2.45) is 0 Å². The predicted octanol–water partition coefficient (Wildman–Crippen LogP) is 2.88. The highest BCUT2D eigenvalue weighted by molar-refractivity contribution is 6.31. The molecule has 0 aromatic heterocycles. The van der Waals surface area contributed by atoms with Gasteiger partial charge in [0, 0.05) is 48.4 Å². The van der Waals surface area contributed by atoms with Crippen LogP contribution in [0.25, 0.3) is 0 Å². The monoisotopic (exact) mass is 825 g/mol. The largest absolute Gasteiger partial charge is 0.507 e. The molecule has 2 aromatic carbocycles. The number of carbonyl (C=O) groups is 4. The van der Waals surface area contributed by atoms with E-state index in [1.54, 1.807) is 20.8 Å². The summed E-state index contributed by atoms with van der Waals surface area (Å²) in [4.78, 5) is 55.7. The van der Waals surface area contributed by atoms with E-state index in [2.05, 4.69) is 0 Å². The van der Waals surface area contributed by atoms with Crippen LogP contribution in [0, 0.1) is 0 Å². The van der Waals surface area contributed by atoms with Crippen LogP contribution >= 0.6 is 0 Å². The fourth-order valence-electron chi connectivity index (χ4n) is 9.80. The van der Waals surface area contributed by atoms with Crippen molar-refractivity contribution in [2.75, 3.05) is 21.2 Å². The summed E-state index contributed by atoms with van der Waals surface area (Å²) < 4.78 is 49.4. The minimum atomic E-state index is -1.92. The fraction of sp³-hybridized carbons (Fsp3) is 0.619. The molecule has 0 saturated carbocycles. The SMILES string of the molecule is CC[C@@]1(O)C[C@H](OC2CC(N(C)C)C(OC3CC4OC5CC(=O)C(C)OC5OC4C(C)O3)C(C)O2)c2c(O)c3c(c(O)c2[C@H]1C(=O)OC)C(=O)c1cccc(O)c1C3=O. The van der Waals surface area contributed by atoms with E-state index in [0.717, 1.165) is 7.11 Å². The maximum Gasteiger partial charge on any atom is 0.316 e. The molecule has 17 nitrogen and oxygen atoms in total. The van der Waals surface area contributed by atoms with Crippen molar-refractivity contribution in [3.8, 4) is 17.2 Å². The summed E-state index contributed by atoms with van der Waals surface area (Å²) in [5, 5.41) is 46.7. The molecule has 4 N–H and O–H groups in total. The fourth-order valence-corrected chi connectivity index (χ4v) is 9.80. The van der Waals surface area contributed by atoms with E-state index in [9.17, 15) is 39.6 Å². The Kier molecular flexibility index (Phi) is 10.9. The number of aliphatic hydroxyl groups is 1. The van der Waals surface area contributed by atoms with Crippen LogP contribution in [0.15, 0.2) is 18.2 Å². The number of phenols is 3. The van der Waals surface area contributed by atoms with Gasteiger partial charge in [-0.25, -0.2) is 0 Å². The molecule has 2 aromatic rings. The Balaban J connectivity index is 1.08. The molecule has 17 heteroatoms. The Morgan fingerprint density at radius 1 is 0.847 bits per heavy atom. The van der Waals surface area contributed by atoms with Gasteiger partial charge in [0.1, 0.15) is 47.6 Å². The molecule has 11 unspecified atom stereocenters. The number of Topliss-reactive ketones (excluding diaryl/α,β-unsaturated/α-hetero) is 1. The third-order valence-corrected chi connectivity index (χ3v) is 12.9. The summed E-state index contributed by atoms with van der Waals surface area (Å²) in [6, 6.07) is 3.55. The lowest BCUT2D eigenvalue weighted by Gasteiger charge is -2.51. The molecule has 6 aliphatic rings. The van der Waals surface area contributed by atoms with Gasteiger partial charge in [-0.05, 0) is 47.4 Å². The first-order valence-corrected chi connectivity index (χ1v) is 20.1. The molecule has 59 heavy (non-hydrogen) atoms. The van der Waals surface area contributed by atoms with Gasteiger partial charge in [-0.1, -0.05) is 19.1 Å². The van der Waals surface area contributed by atoms with Crippen molar-refractivity contribution in [1.29, 1.82) is 0 Å². The number of ether oxygens (including phenoxy) is 8. The van der Waals surface area contributed by atoms with Crippen molar-refractivity contribution < 1.29 is 77.5 Å². The van der Waals surface area contributed by atoms with Crippen LogP contribution in [0.4, 0.5) is 0 Å². The summed E-state index contributed by atoms with van der Waals surface area (Å²) in [6.45, 7) is 7.00. The standard InChI is InChI=1S/C42H51NO16/c1-8-42(51)15-25(29-30(33(42)40(50)52-7)37(49)31-32(36(29)48)35(47)28-19(34(31)46)10-9-11-21(28)44)57-26-12-20(43(5)6)38(17(3)53-26)58-27-14-23-39(18(4)54-27)59-41-24(56-23)13-22(45)16(2)55-41/h9-11,16-18,20,23-27,33,38-39,41,44,48-49,51H,8,12-15H2,1-7H3/t16?,17?,18?,20?,23?,24?,25-,26?,27?,33-,38?,39?,41?,42+/m0/s1. The first kappa shape index (κ1) is 41.7.